The van der Waals surface area contributed by atoms with Gasteiger partial charge in [-0.15, -0.1) is 0 Å². The third-order valence-electron chi connectivity index (χ3n) is 7.30. The van der Waals surface area contributed by atoms with Crippen molar-refractivity contribution in [2.75, 3.05) is 7.11 Å². The molecule has 38 heavy (non-hydrogen) atoms. The minimum atomic E-state index is -0.585. The molecule has 3 heteroatoms. The number of hydrogen-bond donors (Lipinski definition) is 2. The molecule has 5 aromatic rings. The normalized spacial score (nSPS) is 11.3. The highest BCUT2D eigenvalue weighted by Crippen LogP contribution is 2.51. The molecule has 0 unspecified atom stereocenters. The number of ether oxygens (including phenoxy) is 1. The first kappa shape index (κ1) is 25.2. The zero-order valence-electron chi connectivity index (χ0n) is 21.8. The van der Waals surface area contributed by atoms with Gasteiger partial charge in [0.15, 0.2) is 0 Å². The van der Waals surface area contributed by atoms with Crippen LogP contribution in [0.15, 0.2) is 121 Å². The van der Waals surface area contributed by atoms with E-state index in [-0.39, 0.29) is 11.5 Å². The van der Waals surface area contributed by atoms with Gasteiger partial charge in [0.2, 0.25) is 0 Å². The minimum Gasteiger partial charge on any atom is -0.508 e. The lowest BCUT2D eigenvalue weighted by Crippen LogP contribution is -2.31. The summed E-state index contributed by atoms with van der Waals surface area (Å²) in [6.07, 6.45) is 1.73. The van der Waals surface area contributed by atoms with Gasteiger partial charge in [0.05, 0.1) is 7.11 Å². The summed E-state index contributed by atoms with van der Waals surface area (Å²) in [6.45, 7) is 2.20. The molecule has 0 amide bonds. The number of benzene rings is 5. The first-order valence-electron chi connectivity index (χ1n) is 13.0. The second-order valence-electron chi connectivity index (χ2n) is 9.58. The summed E-state index contributed by atoms with van der Waals surface area (Å²) in [4.78, 5) is 0. The van der Waals surface area contributed by atoms with Crippen molar-refractivity contribution in [3.05, 3.63) is 138 Å². The summed E-state index contributed by atoms with van der Waals surface area (Å²) in [5, 5.41) is 21.2. The average Bonchev–Trinajstić information content (AvgIpc) is 2.97. The lowest BCUT2D eigenvalue weighted by molar-refractivity contribution is 0.414. The third-order valence-corrected chi connectivity index (χ3v) is 7.30. The summed E-state index contributed by atoms with van der Waals surface area (Å²) < 4.78 is 5.50. The molecule has 0 fully saturated rings. The van der Waals surface area contributed by atoms with Crippen molar-refractivity contribution in [1.29, 1.82) is 0 Å². The van der Waals surface area contributed by atoms with Gasteiger partial charge in [-0.05, 0) is 81.8 Å². The molecule has 5 rings (SSSR count). The fourth-order valence-electron chi connectivity index (χ4n) is 5.64. The van der Waals surface area contributed by atoms with E-state index in [2.05, 4.69) is 55.5 Å². The Balaban J connectivity index is 1.92. The summed E-state index contributed by atoms with van der Waals surface area (Å²) >= 11 is 0. The average molecular weight is 501 g/mol. The Kier molecular flexibility index (Phi) is 7.19. The van der Waals surface area contributed by atoms with Crippen LogP contribution < -0.4 is 4.74 Å². The van der Waals surface area contributed by atoms with Crippen molar-refractivity contribution in [3.8, 4) is 39.5 Å². The lowest BCUT2D eigenvalue weighted by atomic mass is 9.63. The van der Waals surface area contributed by atoms with E-state index in [4.69, 9.17) is 4.74 Å². The number of rotatable bonds is 8. The Hall–Kier alpha value is -4.50. The predicted molar refractivity (Wildman–Crippen MR) is 155 cm³/mol. The van der Waals surface area contributed by atoms with E-state index in [9.17, 15) is 10.2 Å². The quantitative estimate of drug-likeness (QED) is 0.210. The van der Waals surface area contributed by atoms with Crippen molar-refractivity contribution in [1.82, 2.24) is 0 Å². The van der Waals surface area contributed by atoms with Crippen LogP contribution in [0.25, 0.3) is 22.3 Å². The smallest absolute Gasteiger partial charge is 0.118 e. The van der Waals surface area contributed by atoms with Crippen molar-refractivity contribution < 1.29 is 14.9 Å². The largest absolute Gasteiger partial charge is 0.508 e. The molecular weight excluding hydrogens is 468 g/mol. The number of methoxy groups -OCH3 is 1. The van der Waals surface area contributed by atoms with Gasteiger partial charge in [-0.3, -0.25) is 0 Å². The van der Waals surface area contributed by atoms with Gasteiger partial charge in [0, 0.05) is 5.41 Å². The van der Waals surface area contributed by atoms with E-state index in [1.165, 1.54) is 0 Å². The molecule has 0 aromatic heterocycles. The van der Waals surface area contributed by atoms with Gasteiger partial charge in [-0.25, -0.2) is 0 Å². The fourth-order valence-corrected chi connectivity index (χ4v) is 5.64. The Labute approximate surface area is 224 Å². The van der Waals surface area contributed by atoms with Crippen molar-refractivity contribution in [3.63, 3.8) is 0 Å². The first-order valence-corrected chi connectivity index (χ1v) is 13.0. The number of hydrogen-bond acceptors (Lipinski definition) is 3. The van der Waals surface area contributed by atoms with Crippen molar-refractivity contribution >= 4 is 0 Å². The highest BCUT2D eigenvalue weighted by molar-refractivity contribution is 5.78. The molecule has 0 aliphatic carbocycles. The Morgan fingerprint density at radius 3 is 1.50 bits per heavy atom. The monoisotopic (exact) mass is 500 g/mol. The van der Waals surface area contributed by atoms with E-state index >= 15 is 0 Å². The van der Waals surface area contributed by atoms with Gasteiger partial charge in [-0.1, -0.05) is 98.3 Å². The SMILES string of the molecule is CCCC(c1ccc(OC)cc1)(c1ccc(O)cc1-c1ccccc1)c1ccc(O)cc1-c1ccccc1. The molecule has 2 N–H and O–H groups in total. The highest BCUT2D eigenvalue weighted by Gasteiger charge is 2.39. The Morgan fingerprint density at radius 2 is 1.08 bits per heavy atom. The van der Waals surface area contributed by atoms with Crippen LogP contribution in [0.4, 0.5) is 0 Å². The minimum absolute atomic E-state index is 0.224. The predicted octanol–water partition coefficient (Wildman–Crippen LogP) is 8.57. The molecule has 3 nitrogen and oxygen atoms in total. The van der Waals surface area contributed by atoms with Crippen molar-refractivity contribution in [2.45, 2.75) is 25.2 Å². The molecule has 0 saturated heterocycles. The molecule has 0 heterocycles. The van der Waals surface area contributed by atoms with Gasteiger partial charge >= 0.3 is 0 Å². The molecule has 0 radical (unpaired) electrons. The van der Waals surface area contributed by atoms with E-state index < -0.39 is 5.41 Å². The maximum absolute atomic E-state index is 10.6. The molecule has 0 aliphatic heterocycles. The van der Waals surface area contributed by atoms with Gasteiger partial charge < -0.3 is 14.9 Å². The number of phenols is 2. The van der Waals surface area contributed by atoms with Crippen LogP contribution in [0.2, 0.25) is 0 Å². The summed E-state index contributed by atoms with van der Waals surface area (Å²) in [7, 11) is 1.68. The van der Waals surface area contributed by atoms with E-state index in [0.29, 0.717) is 0 Å². The van der Waals surface area contributed by atoms with E-state index in [0.717, 1.165) is 57.5 Å². The molecule has 0 aliphatic rings. The van der Waals surface area contributed by atoms with Crippen LogP contribution in [-0.2, 0) is 5.41 Å². The van der Waals surface area contributed by atoms with Gasteiger partial charge in [0.1, 0.15) is 17.2 Å². The van der Waals surface area contributed by atoms with E-state index in [1.54, 1.807) is 19.2 Å². The maximum atomic E-state index is 10.6. The van der Waals surface area contributed by atoms with Gasteiger partial charge in [0.25, 0.3) is 0 Å². The highest BCUT2D eigenvalue weighted by atomic mass is 16.5. The lowest BCUT2D eigenvalue weighted by Gasteiger charge is -2.39. The van der Waals surface area contributed by atoms with Crippen LogP contribution in [-0.4, -0.2) is 17.3 Å². The van der Waals surface area contributed by atoms with Crippen LogP contribution in [0.3, 0.4) is 0 Å². The molecule has 5 aromatic carbocycles. The molecule has 0 bridgehead atoms. The Bertz CT molecular complexity index is 1420. The topological polar surface area (TPSA) is 49.7 Å². The van der Waals surface area contributed by atoms with Crippen LogP contribution in [0, 0.1) is 0 Å². The van der Waals surface area contributed by atoms with Crippen LogP contribution >= 0.6 is 0 Å². The summed E-state index contributed by atoms with van der Waals surface area (Å²) in [5.41, 5.74) is 6.74. The maximum Gasteiger partial charge on any atom is 0.118 e. The standard InChI is InChI=1S/C35H32O3/c1-3-22-35(27-14-18-30(38-2)19-15-27,33-20-16-28(36)23-31(33)25-10-6-4-7-11-25)34-21-17-29(37)24-32(34)26-12-8-5-9-13-26/h4-21,23-24,36-37H,3,22H2,1-2H3. The van der Waals surface area contributed by atoms with E-state index in [1.807, 2.05) is 60.7 Å². The molecular formula is C35H32O3. The summed E-state index contributed by atoms with van der Waals surface area (Å²) in [5.74, 6) is 1.24. The van der Waals surface area contributed by atoms with Crippen molar-refractivity contribution in [2.24, 2.45) is 0 Å². The zero-order valence-corrected chi connectivity index (χ0v) is 21.8. The zero-order chi connectivity index (χ0) is 26.5. The fraction of sp³-hybridized carbons (Fsp3) is 0.143. The molecule has 0 spiro atoms. The first-order chi connectivity index (χ1) is 18.6. The van der Waals surface area contributed by atoms with Gasteiger partial charge in [-0.2, -0.15) is 0 Å². The number of phenolic OH excluding ortho intramolecular Hbond substituents is 2. The molecule has 0 atom stereocenters. The molecule has 190 valence electrons. The van der Waals surface area contributed by atoms with Crippen LogP contribution in [0.1, 0.15) is 36.5 Å². The second kappa shape index (κ2) is 10.9. The number of aromatic hydroxyl groups is 2. The van der Waals surface area contributed by atoms with Crippen LogP contribution in [0.5, 0.6) is 17.2 Å². The second-order valence-corrected chi connectivity index (χ2v) is 9.58. The third kappa shape index (κ3) is 4.64. The Morgan fingerprint density at radius 1 is 0.605 bits per heavy atom. The summed E-state index contributed by atoms with van der Waals surface area (Å²) in [6, 6.07) is 40.1. The molecule has 0 saturated carbocycles.